The Labute approximate surface area is 151 Å². The number of H-pyrrole nitrogens is 1. The number of aromatic amines is 1. The summed E-state index contributed by atoms with van der Waals surface area (Å²) in [5.41, 5.74) is 4.48. The van der Waals surface area contributed by atoms with Crippen LogP contribution in [0, 0.1) is 24.1 Å². The Hall–Kier alpha value is -3.13. The molecular formula is C21H19FN4. The molecule has 0 saturated carbocycles. The van der Waals surface area contributed by atoms with Crippen molar-refractivity contribution in [2.24, 2.45) is 0 Å². The number of hydrogen-bond donors (Lipinski definition) is 1. The van der Waals surface area contributed by atoms with E-state index in [1.807, 2.05) is 31.2 Å². The van der Waals surface area contributed by atoms with Gasteiger partial charge < -0.3 is 9.88 Å². The van der Waals surface area contributed by atoms with Crippen molar-refractivity contribution < 1.29 is 4.39 Å². The number of nitriles is 1. The molecular weight excluding hydrogens is 327 g/mol. The molecule has 0 bridgehead atoms. The average molecular weight is 346 g/mol. The average Bonchev–Trinajstić information content (AvgIpc) is 3.29. The van der Waals surface area contributed by atoms with Gasteiger partial charge in [0.05, 0.1) is 22.3 Å². The lowest BCUT2D eigenvalue weighted by atomic mass is 10.1. The Morgan fingerprint density at radius 2 is 2.04 bits per heavy atom. The van der Waals surface area contributed by atoms with Crippen LogP contribution in [0.2, 0.25) is 0 Å². The van der Waals surface area contributed by atoms with Crippen molar-refractivity contribution in [1.82, 2.24) is 9.97 Å². The highest BCUT2D eigenvalue weighted by Gasteiger charge is 2.16. The fraction of sp³-hybridized carbons (Fsp3) is 0.238. The molecule has 0 spiro atoms. The summed E-state index contributed by atoms with van der Waals surface area (Å²) in [5, 5.41) is 9.54. The maximum Gasteiger partial charge on any atom is 0.149 e. The number of anilines is 1. The lowest BCUT2D eigenvalue weighted by Gasteiger charge is -2.18. The SMILES string of the molecule is Cc1ccc2nc(C(C#N)=Cc3ccc(N4CCCC4)c(F)c3)[nH]c2c1. The highest BCUT2D eigenvalue weighted by Crippen LogP contribution is 2.26. The third-order valence-electron chi connectivity index (χ3n) is 4.74. The van der Waals surface area contributed by atoms with E-state index in [9.17, 15) is 9.65 Å². The molecule has 2 heterocycles. The molecule has 1 aliphatic rings. The van der Waals surface area contributed by atoms with E-state index in [4.69, 9.17) is 0 Å². The maximum atomic E-state index is 14.5. The predicted molar refractivity (Wildman–Crippen MR) is 102 cm³/mol. The number of halogens is 1. The summed E-state index contributed by atoms with van der Waals surface area (Å²) >= 11 is 0. The highest BCUT2D eigenvalue weighted by molar-refractivity contribution is 5.90. The zero-order chi connectivity index (χ0) is 18.1. The van der Waals surface area contributed by atoms with Crippen molar-refractivity contribution in [2.75, 3.05) is 18.0 Å². The molecule has 1 N–H and O–H groups in total. The van der Waals surface area contributed by atoms with E-state index in [1.165, 1.54) is 6.07 Å². The Balaban J connectivity index is 1.68. The van der Waals surface area contributed by atoms with Crippen molar-refractivity contribution in [2.45, 2.75) is 19.8 Å². The van der Waals surface area contributed by atoms with Gasteiger partial charge in [-0.25, -0.2) is 9.37 Å². The van der Waals surface area contributed by atoms with E-state index >= 15 is 0 Å². The summed E-state index contributed by atoms with van der Waals surface area (Å²) in [4.78, 5) is 9.72. The number of benzene rings is 2. The molecule has 1 saturated heterocycles. The van der Waals surface area contributed by atoms with Gasteiger partial charge in [0.1, 0.15) is 17.7 Å². The molecule has 0 amide bonds. The van der Waals surface area contributed by atoms with E-state index in [-0.39, 0.29) is 5.82 Å². The Kier molecular flexibility index (Phi) is 4.18. The minimum Gasteiger partial charge on any atom is -0.369 e. The van der Waals surface area contributed by atoms with Crippen LogP contribution in [0.5, 0.6) is 0 Å². The van der Waals surface area contributed by atoms with Gasteiger partial charge in [-0.3, -0.25) is 0 Å². The van der Waals surface area contributed by atoms with Crippen LogP contribution in [0.1, 0.15) is 29.8 Å². The molecule has 3 aromatic rings. The first-order valence-corrected chi connectivity index (χ1v) is 8.77. The standard InChI is InChI=1S/C21H19FN4/c1-14-4-6-18-19(10-14)25-21(24-18)16(13-23)11-15-5-7-20(17(22)12-15)26-8-2-3-9-26/h4-7,10-12H,2-3,8-9H2,1H3,(H,24,25). The topological polar surface area (TPSA) is 55.7 Å². The summed E-state index contributed by atoms with van der Waals surface area (Å²) in [7, 11) is 0. The van der Waals surface area contributed by atoms with Crippen molar-refractivity contribution in [3.05, 3.63) is 59.2 Å². The minimum absolute atomic E-state index is 0.252. The second-order valence-corrected chi connectivity index (χ2v) is 6.68. The van der Waals surface area contributed by atoms with E-state index in [2.05, 4.69) is 20.9 Å². The number of nitrogens with one attached hydrogen (secondary N) is 1. The van der Waals surface area contributed by atoms with E-state index in [1.54, 1.807) is 12.1 Å². The number of allylic oxidation sites excluding steroid dienone is 1. The van der Waals surface area contributed by atoms with Crippen LogP contribution < -0.4 is 4.90 Å². The number of aryl methyl sites for hydroxylation is 1. The molecule has 26 heavy (non-hydrogen) atoms. The predicted octanol–water partition coefficient (Wildman–Crippen LogP) is 4.67. The number of rotatable bonds is 3. The molecule has 1 aromatic heterocycles. The fourth-order valence-corrected chi connectivity index (χ4v) is 3.40. The van der Waals surface area contributed by atoms with Crippen LogP contribution in [-0.2, 0) is 0 Å². The fourth-order valence-electron chi connectivity index (χ4n) is 3.40. The summed E-state index contributed by atoms with van der Waals surface area (Å²) in [6.45, 7) is 3.80. The molecule has 2 aromatic carbocycles. The number of nitrogens with zero attached hydrogens (tertiary/aromatic N) is 3. The molecule has 4 rings (SSSR count). The van der Waals surface area contributed by atoms with Gasteiger partial charge in [-0.15, -0.1) is 0 Å². The molecule has 0 aliphatic carbocycles. The molecule has 130 valence electrons. The first-order valence-electron chi connectivity index (χ1n) is 8.77. The third kappa shape index (κ3) is 3.06. The molecule has 5 heteroatoms. The van der Waals surface area contributed by atoms with Gasteiger partial charge in [0.15, 0.2) is 0 Å². The Bertz CT molecular complexity index is 1040. The Morgan fingerprint density at radius 3 is 2.77 bits per heavy atom. The van der Waals surface area contributed by atoms with Crippen LogP contribution in [0.4, 0.5) is 10.1 Å². The molecule has 0 atom stereocenters. The molecule has 4 nitrogen and oxygen atoms in total. The number of aromatic nitrogens is 2. The number of fused-ring (bicyclic) bond motifs is 1. The van der Waals surface area contributed by atoms with Crippen LogP contribution in [0.3, 0.4) is 0 Å². The summed E-state index contributed by atoms with van der Waals surface area (Å²) in [5.74, 6) is 0.246. The summed E-state index contributed by atoms with van der Waals surface area (Å²) in [6, 6.07) is 13.2. The van der Waals surface area contributed by atoms with Crippen LogP contribution in [-0.4, -0.2) is 23.1 Å². The van der Waals surface area contributed by atoms with Crippen molar-refractivity contribution in [3.8, 4) is 6.07 Å². The zero-order valence-corrected chi connectivity index (χ0v) is 14.6. The monoisotopic (exact) mass is 346 g/mol. The summed E-state index contributed by atoms with van der Waals surface area (Å²) in [6.07, 6.45) is 3.87. The summed E-state index contributed by atoms with van der Waals surface area (Å²) < 4.78 is 14.5. The smallest absolute Gasteiger partial charge is 0.149 e. The normalized spacial score (nSPS) is 14.8. The van der Waals surface area contributed by atoms with Gasteiger partial charge in [-0.2, -0.15) is 5.26 Å². The first kappa shape index (κ1) is 16.3. The van der Waals surface area contributed by atoms with Gasteiger partial charge >= 0.3 is 0 Å². The highest BCUT2D eigenvalue weighted by atomic mass is 19.1. The van der Waals surface area contributed by atoms with Gasteiger partial charge in [0.2, 0.25) is 0 Å². The quantitative estimate of drug-likeness (QED) is 0.701. The van der Waals surface area contributed by atoms with Crippen molar-refractivity contribution in [3.63, 3.8) is 0 Å². The van der Waals surface area contributed by atoms with E-state index < -0.39 is 0 Å². The molecule has 0 radical (unpaired) electrons. The van der Waals surface area contributed by atoms with Gasteiger partial charge in [-0.05, 0) is 61.2 Å². The first-order chi connectivity index (χ1) is 12.6. The number of imidazole rings is 1. The van der Waals surface area contributed by atoms with Crippen molar-refractivity contribution >= 4 is 28.4 Å². The Morgan fingerprint density at radius 1 is 1.23 bits per heavy atom. The van der Waals surface area contributed by atoms with Gasteiger partial charge in [0, 0.05) is 13.1 Å². The second kappa shape index (κ2) is 6.64. The van der Waals surface area contributed by atoms with Crippen molar-refractivity contribution in [1.29, 1.82) is 5.26 Å². The van der Waals surface area contributed by atoms with E-state index in [0.717, 1.165) is 42.5 Å². The second-order valence-electron chi connectivity index (χ2n) is 6.68. The van der Waals surface area contributed by atoms with E-state index in [0.29, 0.717) is 22.6 Å². The van der Waals surface area contributed by atoms with Crippen LogP contribution in [0.25, 0.3) is 22.7 Å². The maximum absolute atomic E-state index is 14.5. The lowest BCUT2D eigenvalue weighted by Crippen LogP contribution is -2.18. The molecule has 1 fully saturated rings. The molecule has 1 aliphatic heterocycles. The van der Waals surface area contributed by atoms with Crippen LogP contribution >= 0.6 is 0 Å². The van der Waals surface area contributed by atoms with Gasteiger partial charge in [0.25, 0.3) is 0 Å². The van der Waals surface area contributed by atoms with Gasteiger partial charge in [-0.1, -0.05) is 12.1 Å². The molecule has 0 unspecified atom stereocenters. The third-order valence-corrected chi connectivity index (χ3v) is 4.74. The van der Waals surface area contributed by atoms with Crippen LogP contribution in [0.15, 0.2) is 36.4 Å². The minimum atomic E-state index is -0.252. The largest absolute Gasteiger partial charge is 0.369 e. The number of hydrogen-bond acceptors (Lipinski definition) is 3. The lowest BCUT2D eigenvalue weighted by molar-refractivity contribution is 0.623. The zero-order valence-electron chi connectivity index (χ0n) is 14.6.